The average Bonchev–Trinajstić information content (AvgIpc) is 3.43. The molecule has 1 aromatic carbocycles. The van der Waals surface area contributed by atoms with Gasteiger partial charge in [0.05, 0.1) is 20.0 Å². The number of hydrogen-bond acceptors (Lipinski definition) is 12. The number of anilines is 2. The fourth-order valence-corrected chi connectivity index (χ4v) is 5.71. The van der Waals surface area contributed by atoms with Crippen LogP contribution < -0.4 is 15.6 Å². The van der Waals surface area contributed by atoms with Crippen molar-refractivity contribution in [3.8, 4) is 5.75 Å². The van der Waals surface area contributed by atoms with E-state index in [1.54, 1.807) is 30.3 Å². The summed E-state index contributed by atoms with van der Waals surface area (Å²) in [7, 11) is -2.02. The van der Waals surface area contributed by atoms with Crippen LogP contribution >= 0.6 is 8.18 Å². The van der Waals surface area contributed by atoms with Gasteiger partial charge in [-0.3, -0.25) is 18.8 Å². The predicted octanol–water partition coefficient (Wildman–Crippen LogP) is 2.62. The van der Waals surface area contributed by atoms with Gasteiger partial charge in [0, 0.05) is 6.04 Å². The molecule has 14 nitrogen and oxygen atoms in total. The van der Waals surface area contributed by atoms with Crippen LogP contribution in [-0.4, -0.2) is 79.1 Å². The number of para-hydroxylation sites is 1. The Morgan fingerprint density at radius 1 is 1.37 bits per heavy atom. The second-order valence-corrected chi connectivity index (χ2v) is 11.3. The van der Waals surface area contributed by atoms with Gasteiger partial charge < -0.3 is 30.2 Å². The standard InChI is InChI=1S/C25H33FN7O7P/c1-14(22(35)37-3)33(41(36)40-16-10-5-4-6-11-16)38-12-17-19(34)25(2,26)23(39-17)32-13-28-18-20(29-15-8-7-9-15)30-24(27)31-21(18)32/h4-6,10-11,13-15,17,19,23,34,41H,7-9,12H2,1-3H3,(H3,27,29,30,31)/t14?,17-,19-,23-,25-/m1/s1. The van der Waals surface area contributed by atoms with Crippen molar-refractivity contribution >= 4 is 37.1 Å². The lowest BCUT2D eigenvalue weighted by molar-refractivity contribution is -0.179. The Balaban J connectivity index is 1.35. The Labute approximate surface area is 235 Å². The topological polar surface area (TPSA) is 176 Å². The molecule has 3 aromatic rings. The zero-order valence-electron chi connectivity index (χ0n) is 22.8. The molecular formula is C25H33FN7O7P. The van der Waals surface area contributed by atoms with Crippen molar-refractivity contribution in [3.63, 3.8) is 0 Å². The van der Waals surface area contributed by atoms with Crippen molar-refractivity contribution in [2.24, 2.45) is 0 Å². The number of methoxy groups -OCH3 is 1. The third kappa shape index (κ3) is 5.86. The summed E-state index contributed by atoms with van der Waals surface area (Å²) in [4.78, 5) is 31.6. The van der Waals surface area contributed by atoms with Gasteiger partial charge in [0.15, 0.2) is 28.9 Å². The molecule has 1 saturated heterocycles. The molecule has 6 atom stereocenters. The molecule has 1 aliphatic heterocycles. The first-order valence-electron chi connectivity index (χ1n) is 13.2. The quantitative estimate of drug-likeness (QED) is 0.168. The number of aliphatic hydroxyl groups is 1. The van der Waals surface area contributed by atoms with Crippen molar-refractivity contribution in [1.82, 2.24) is 24.4 Å². The number of esters is 1. The number of carbonyl (C=O) groups is 1. The number of nitrogens with zero attached hydrogens (tertiary/aromatic N) is 5. The number of rotatable bonds is 11. The summed E-state index contributed by atoms with van der Waals surface area (Å²) in [6.45, 7) is 2.13. The van der Waals surface area contributed by atoms with E-state index in [0.29, 0.717) is 11.3 Å². The molecule has 16 heteroatoms. The Hall–Kier alpha value is -3.36. The summed E-state index contributed by atoms with van der Waals surface area (Å²) in [5, 5.41) is 14.2. The summed E-state index contributed by atoms with van der Waals surface area (Å²) in [6, 6.07) is 7.40. The van der Waals surface area contributed by atoms with Crippen LogP contribution in [0.25, 0.3) is 11.2 Å². The SMILES string of the molecule is COC(=O)C(C)N(OC[C@H]1O[C@@H](n2cnc3c(NC4CCC4)nc(N)nc32)[C@](C)(F)[C@@H]1O)[PH](=O)Oc1ccccc1. The van der Waals surface area contributed by atoms with Crippen molar-refractivity contribution in [3.05, 3.63) is 36.7 Å². The largest absolute Gasteiger partial charge is 0.468 e. The van der Waals surface area contributed by atoms with Gasteiger partial charge in [-0.2, -0.15) is 9.97 Å². The van der Waals surface area contributed by atoms with Gasteiger partial charge in [0.2, 0.25) is 5.95 Å². The third-order valence-corrected chi connectivity index (χ3v) is 8.54. The monoisotopic (exact) mass is 593 g/mol. The minimum atomic E-state index is -3.20. The molecule has 2 unspecified atom stereocenters. The van der Waals surface area contributed by atoms with Crippen LogP contribution in [0.2, 0.25) is 0 Å². The summed E-state index contributed by atoms with van der Waals surface area (Å²) >= 11 is 0. The number of hydroxylamine groups is 1. The van der Waals surface area contributed by atoms with Gasteiger partial charge in [0.25, 0.3) is 0 Å². The van der Waals surface area contributed by atoms with E-state index in [-0.39, 0.29) is 23.4 Å². The molecule has 1 aliphatic carbocycles. The number of imidazole rings is 1. The van der Waals surface area contributed by atoms with Crippen LogP contribution in [0, 0.1) is 0 Å². The van der Waals surface area contributed by atoms with Crippen molar-refractivity contribution in [2.45, 2.75) is 69.3 Å². The molecule has 222 valence electrons. The second kappa shape index (κ2) is 11.9. The fraction of sp³-hybridized carbons (Fsp3) is 0.520. The van der Waals surface area contributed by atoms with Gasteiger partial charge >= 0.3 is 14.1 Å². The number of benzene rings is 1. The van der Waals surface area contributed by atoms with Crippen molar-refractivity contribution in [2.75, 3.05) is 24.8 Å². The van der Waals surface area contributed by atoms with E-state index in [9.17, 15) is 14.5 Å². The number of carbonyl (C=O) groups excluding carboxylic acids is 1. The van der Waals surface area contributed by atoms with E-state index in [4.69, 9.17) is 24.6 Å². The zero-order valence-corrected chi connectivity index (χ0v) is 23.8. The Morgan fingerprint density at radius 3 is 2.76 bits per heavy atom. The molecule has 5 rings (SSSR count). The highest BCUT2D eigenvalue weighted by Gasteiger charge is 2.56. The maximum absolute atomic E-state index is 16.1. The fourth-order valence-electron chi connectivity index (χ4n) is 4.68. The van der Waals surface area contributed by atoms with Crippen molar-refractivity contribution in [1.29, 1.82) is 0 Å². The van der Waals surface area contributed by atoms with Gasteiger partial charge in [-0.15, -0.1) is 0 Å². The van der Waals surface area contributed by atoms with E-state index < -0.39 is 50.9 Å². The van der Waals surface area contributed by atoms with Crippen LogP contribution in [0.1, 0.15) is 39.3 Å². The maximum atomic E-state index is 16.1. The minimum absolute atomic E-state index is 0.0314. The summed E-state index contributed by atoms with van der Waals surface area (Å²) in [5.41, 5.74) is 4.23. The zero-order chi connectivity index (χ0) is 29.3. The number of aromatic nitrogens is 4. The maximum Gasteiger partial charge on any atom is 0.331 e. The number of fused-ring (bicyclic) bond motifs is 1. The Bertz CT molecular complexity index is 1410. The minimum Gasteiger partial charge on any atom is -0.468 e. The van der Waals surface area contributed by atoms with Crippen molar-refractivity contribution < 1.29 is 37.7 Å². The van der Waals surface area contributed by atoms with E-state index >= 15 is 4.39 Å². The number of alkyl halides is 1. The van der Waals surface area contributed by atoms with Crippen LogP contribution in [0.3, 0.4) is 0 Å². The molecule has 2 aromatic heterocycles. The molecule has 4 N–H and O–H groups in total. The molecule has 0 spiro atoms. The predicted molar refractivity (Wildman–Crippen MR) is 146 cm³/mol. The number of nitrogen functional groups attached to an aromatic ring is 1. The second-order valence-electron chi connectivity index (χ2n) is 10.2. The summed E-state index contributed by atoms with van der Waals surface area (Å²) < 4.78 is 46.7. The first kappa shape index (κ1) is 29.1. The van der Waals surface area contributed by atoms with Gasteiger partial charge in [-0.05, 0) is 45.2 Å². The molecule has 41 heavy (non-hydrogen) atoms. The van der Waals surface area contributed by atoms with Crippen LogP contribution in [0.4, 0.5) is 16.2 Å². The molecule has 3 heterocycles. The highest BCUT2D eigenvalue weighted by molar-refractivity contribution is 7.36. The normalized spacial score (nSPS) is 26.0. The molecule has 0 bridgehead atoms. The molecule has 2 aliphatic rings. The smallest absolute Gasteiger partial charge is 0.331 e. The van der Waals surface area contributed by atoms with Gasteiger partial charge in [-0.1, -0.05) is 23.0 Å². The van der Waals surface area contributed by atoms with E-state index in [1.165, 1.54) is 31.9 Å². The average molecular weight is 594 g/mol. The molecule has 2 fully saturated rings. The third-order valence-electron chi connectivity index (χ3n) is 7.25. The molecule has 1 saturated carbocycles. The molecule has 0 radical (unpaired) electrons. The van der Waals surface area contributed by atoms with Gasteiger partial charge in [0.1, 0.15) is 24.0 Å². The number of aliphatic hydroxyl groups excluding tert-OH is 1. The van der Waals surface area contributed by atoms with Crippen LogP contribution in [-0.2, 0) is 23.7 Å². The highest BCUT2D eigenvalue weighted by atomic mass is 31.1. The first-order valence-corrected chi connectivity index (χ1v) is 14.4. The van der Waals surface area contributed by atoms with Crippen LogP contribution in [0.5, 0.6) is 5.75 Å². The first-order chi connectivity index (χ1) is 19.6. The lowest BCUT2D eigenvalue weighted by Gasteiger charge is -2.27. The van der Waals surface area contributed by atoms with Gasteiger partial charge in [-0.25, -0.2) is 9.37 Å². The van der Waals surface area contributed by atoms with Crippen LogP contribution in [0.15, 0.2) is 36.7 Å². The molecule has 0 amide bonds. The molecular weight excluding hydrogens is 560 g/mol. The van der Waals surface area contributed by atoms with E-state index in [2.05, 4.69) is 20.3 Å². The van der Waals surface area contributed by atoms with E-state index in [1.807, 2.05) is 0 Å². The number of halogens is 1. The summed E-state index contributed by atoms with van der Waals surface area (Å²) in [5.74, 6) is -0.0495. The lowest BCUT2D eigenvalue weighted by Crippen LogP contribution is -2.42. The number of nitrogens with two attached hydrogens (primary N) is 1. The number of hydrogen-bond donors (Lipinski definition) is 3. The highest BCUT2D eigenvalue weighted by Crippen LogP contribution is 2.43. The Kier molecular flexibility index (Phi) is 8.43. The lowest BCUT2D eigenvalue weighted by atomic mass is 9.93. The number of nitrogens with one attached hydrogen (secondary N) is 1. The Morgan fingerprint density at radius 2 is 2.10 bits per heavy atom. The summed E-state index contributed by atoms with van der Waals surface area (Å²) in [6.07, 6.45) is 0.150. The number of ether oxygens (including phenoxy) is 2. The van der Waals surface area contributed by atoms with E-state index in [0.717, 1.165) is 24.1 Å².